The van der Waals surface area contributed by atoms with Crippen molar-refractivity contribution in [3.63, 3.8) is 0 Å². The molecule has 0 atom stereocenters. The lowest BCUT2D eigenvalue weighted by atomic mass is 10.1. The van der Waals surface area contributed by atoms with Gasteiger partial charge in [0.1, 0.15) is 13.2 Å². The molecular weight excluding hydrogens is 442 g/mol. The maximum atomic E-state index is 12.5. The minimum Gasteiger partial charge on any atom is -0.493 e. The highest BCUT2D eigenvalue weighted by Gasteiger charge is 2.36. The lowest BCUT2D eigenvalue weighted by Gasteiger charge is -2.13. The molecule has 1 saturated heterocycles. The van der Waals surface area contributed by atoms with Gasteiger partial charge >= 0.3 is 5.97 Å². The summed E-state index contributed by atoms with van der Waals surface area (Å²) in [5.74, 6) is -0.445. The molecule has 0 saturated carbocycles. The van der Waals surface area contributed by atoms with Gasteiger partial charge in [-0.2, -0.15) is 0 Å². The number of hydrogen-bond acceptors (Lipinski definition) is 7. The van der Waals surface area contributed by atoms with Crippen molar-refractivity contribution in [1.29, 1.82) is 0 Å². The second-order valence-electron chi connectivity index (χ2n) is 6.38. The minimum atomic E-state index is -0.643. The van der Waals surface area contributed by atoms with Gasteiger partial charge in [0, 0.05) is 0 Å². The third-order valence-corrected chi connectivity index (χ3v) is 5.43. The zero-order valence-electron chi connectivity index (χ0n) is 16.9. The predicted octanol–water partition coefficient (Wildman–Crippen LogP) is 4.53. The molecule has 0 aromatic heterocycles. The zero-order chi connectivity index (χ0) is 22.4. The summed E-state index contributed by atoms with van der Waals surface area (Å²) in [6, 6.07) is 12.9. The second-order valence-corrected chi connectivity index (χ2v) is 7.78. The Bertz CT molecular complexity index is 1020. The molecule has 0 bridgehead atoms. The SMILES string of the molecule is CCOC(=O)CN1C(=O)S/C(=C\c2cc(Cl)c(OCc3ccccc3)c(OC)c2)C1=O. The average molecular weight is 462 g/mol. The van der Waals surface area contributed by atoms with E-state index >= 15 is 0 Å². The smallest absolute Gasteiger partial charge is 0.326 e. The monoisotopic (exact) mass is 461 g/mol. The highest BCUT2D eigenvalue weighted by molar-refractivity contribution is 8.18. The number of ether oxygens (including phenoxy) is 3. The number of rotatable bonds is 8. The van der Waals surface area contributed by atoms with Crippen molar-refractivity contribution in [3.05, 3.63) is 63.5 Å². The summed E-state index contributed by atoms with van der Waals surface area (Å²) in [6.07, 6.45) is 1.52. The molecule has 162 valence electrons. The summed E-state index contributed by atoms with van der Waals surface area (Å²) in [4.78, 5) is 37.3. The van der Waals surface area contributed by atoms with Crippen molar-refractivity contribution in [1.82, 2.24) is 4.90 Å². The first-order chi connectivity index (χ1) is 14.9. The number of esters is 1. The summed E-state index contributed by atoms with van der Waals surface area (Å²) < 4.78 is 16.0. The standard InChI is InChI=1S/C22H20ClNO6S/c1-3-29-19(25)12-24-21(26)18(31-22(24)27)11-15-9-16(23)20(17(10-15)28-2)30-13-14-7-5-4-6-8-14/h4-11H,3,12-13H2,1-2H3/b18-11-. The largest absolute Gasteiger partial charge is 0.493 e. The summed E-state index contributed by atoms with van der Waals surface area (Å²) in [6.45, 7) is 1.70. The molecule has 3 rings (SSSR count). The van der Waals surface area contributed by atoms with E-state index < -0.39 is 23.7 Å². The fraction of sp³-hybridized carbons (Fsp3) is 0.227. The van der Waals surface area contributed by atoms with Crippen LogP contribution in [0.25, 0.3) is 6.08 Å². The molecule has 7 nitrogen and oxygen atoms in total. The Balaban J connectivity index is 1.79. The second kappa shape index (κ2) is 10.4. The molecule has 1 aliphatic heterocycles. The summed E-state index contributed by atoms with van der Waals surface area (Å²) in [5.41, 5.74) is 1.52. The van der Waals surface area contributed by atoms with Gasteiger partial charge in [0.2, 0.25) is 0 Å². The van der Waals surface area contributed by atoms with Gasteiger partial charge in [-0.15, -0.1) is 0 Å². The topological polar surface area (TPSA) is 82.1 Å². The lowest BCUT2D eigenvalue weighted by Crippen LogP contribution is -2.34. The van der Waals surface area contributed by atoms with Crippen molar-refractivity contribution in [2.24, 2.45) is 0 Å². The minimum absolute atomic E-state index is 0.169. The Morgan fingerprint density at radius 1 is 1.19 bits per heavy atom. The van der Waals surface area contributed by atoms with E-state index in [0.29, 0.717) is 28.7 Å². The number of methoxy groups -OCH3 is 1. The first-order valence-electron chi connectivity index (χ1n) is 9.38. The molecule has 0 spiro atoms. The van der Waals surface area contributed by atoms with Crippen LogP contribution in [0.4, 0.5) is 4.79 Å². The number of carbonyl (C=O) groups is 3. The van der Waals surface area contributed by atoms with E-state index in [1.165, 1.54) is 13.2 Å². The summed E-state index contributed by atoms with van der Waals surface area (Å²) in [5, 5.41) is -0.238. The van der Waals surface area contributed by atoms with E-state index in [-0.39, 0.29) is 11.5 Å². The van der Waals surface area contributed by atoms with Crippen molar-refractivity contribution >= 4 is 46.6 Å². The number of halogens is 1. The van der Waals surface area contributed by atoms with Gasteiger partial charge in [0.05, 0.1) is 23.6 Å². The van der Waals surface area contributed by atoms with Crippen molar-refractivity contribution in [2.45, 2.75) is 13.5 Å². The molecule has 2 aromatic rings. The van der Waals surface area contributed by atoms with E-state index in [1.807, 2.05) is 30.3 Å². The van der Waals surface area contributed by atoms with Gasteiger partial charge in [-0.3, -0.25) is 19.3 Å². The molecule has 2 aromatic carbocycles. The fourth-order valence-corrected chi connectivity index (χ4v) is 3.93. The zero-order valence-corrected chi connectivity index (χ0v) is 18.5. The van der Waals surface area contributed by atoms with Crippen molar-refractivity contribution < 1.29 is 28.6 Å². The van der Waals surface area contributed by atoms with Crippen LogP contribution in [0.5, 0.6) is 11.5 Å². The Morgan fingerprint density at radius 2 is 1.94 bits per heavy atom. The third kappa shape index (κ3) is 5.59. The van der Waals surface area contributed by atoms with Crippen LogP contribution in [0, 0.1) is 0 Å². The normalized spacial score (nSPS) is 14.8. The molecular formula is C22H20ClNO6S. The molecule has 2 amide bonds. The maximum Gasteiger partial charge on any atom is 0.326 e. The summed E-state index contributed by atoms with van der Waals surface area (Å²) in [7, 11) is 1.48. The highest BCUT2D eigenvalue weighted by atomic mass is 35.5. The van der Waals surface area contributed by atoms with E-state index in [1.54, 1.807) is 19.1 Å². The molecule has 1 fully saturated rings. The van der Waals surface area contributed by atoms with Gasteiger partial charge in [-0.05, 0) is 48.0 Å². The van der Waals surface area contributed by atoms with Crippen LogP contribution in [0.1, 0.15) is 18.1 Å². The van der Waals surface area contributed by atoms with Crippen LogP contribution in [0.2, 0.25) is 5.02 Å². The van der Waals surface area contributed by atoms with Crippen LogP contribution in [-0.4, -0.2) is 42.3 Å². The Hall–Kier alpha value is -2.97. The molecule has 0 radical (unpaired) electrons. The first kappa shape index (κ1) is 22.7. The van der Waals surface area contributed by atoms with Gasteiger partial charge < -0.3 is 14.2 Å². The average Bonchev–Trinajstić information content (AvgIpc) is 3.00. The number of thioether (sulfide) groups is 1. The summed E-state index contributed by atoms with van der Waals surface area (Å²) >= 11 is 7.14. The fourth-order valence-electron chi connectivity index (χ4n) is 2.82. The number of imide groups is 1. The number of hydrogen-bond donors (Lipinski definition) is 0. The number of amides is 2. The van der Waals surface area contributed by atoms with Crippen molar-refractivity contribution in [2.75, 3.05) is 20.3 Å². The van der Waals surface area contributed by atoms with Gasteiger partial charge in [-0.25, -0.2) is 0 Å². The maximum absolute atomic E-state index is 12.5. The number of nitrogens with zero attached hydrogens (tertiary/aromatic N) is 1. The Kier molecular flexibility index (Phi) is 7.59. The van der Waals surface area contributed by atoms with E-state index in [2.05, 4.69) is 0 Å². The molecule has 1 heterocycles. The van der Waals surface area contributed by atoms with Crippen LogP contribution < -0.4 is 9.47 Å². The Morgan fingerprint density at radius 3 is 2.61 bits per heavy atom. The van der Waals surface area contributed by atoms with Crippen LogP contribution in [-0.2, 0) is 20.9 Å². The van der Waals surface area contributed by atoms with E-state index in [9.17, 15) is 14.4 Å². The molecule has 0 aliphatic carbocycles. The van der Waals surface area contributed by atoms with E-state index in [4.69, 9.17) is 25.8 Å². The molecule has 0 unspecified atom stereocenters. The molecule has 1 aliphatic rings. The quantitative estimate of drug-likeness (QED) is 0.422. The van der Waals surface area contributed by atoms with Crippen LogP contribution >= 0.6 is 23.4 Å². The Labute approximate surface area is 188 Å². The van der Waals surface area contributed by atoms with E-state index in [0.717, 1.165) is 22.2 Å². The van der Waals surface area contributed by atoms with Gasteiger partial charge in [0.15, 0.2) is 11.5 Å². The first-order valence-corrected chi connectivity index (χ1v) is 10.6. The highest BCUT2D eigenvalue weighted by Crippen LogP contribution is 2.39. The van der Waals surface area contributed by atoms with Crippen LogP contribution in [0.15, 0.2) is 47.4 Å². The third-order valence-electron chi connectivity index (χ3n) is 4.24. The van der Waals surface area contributed by atoms with Gasteiger partial charge in [0.25, 0.3) is 11.1 Å². The van der Waals surface area contributed by atoms with Gasteiger partial charge in [-0.1, -0.05) is 41.9 Å². The molecule has 9 heteroatoms. The number of benzene rings is 2. The molecule has 0 N–H and O–H groups in total. The lowest BCUT2D eigenvalue weighted by molar-refractivity contribution is -0.145. The molecule has 31 heavy (non-hydrogen) atoms. The predicted molar refractivity (Wildman–Crippen MR) is 118 cm³/mol. The van der Waals surface area contributed by atoms with Crippen LogP contribution in [0.3, 0.4) is 0 Å². The number of carbonyl (C=O) groups excluding carboxylic acids is 3. The van der Waals surface area contributed by atoms with Crippen molar-refractivity contribution in [3.8, 4) is 11.5 Å².